The van der Waals surface area contributed by atoms with Gasteiger partial charge in [-0.3, -0.25) is 9.69 Å². The Balaban J connectivity index is 1.36. The zero-order chi connectivity index (χ0) is 20.6. The second-order valence-electron chi connectivity index (χ2n) is 10.3. The number of rotatable bonds is 5. The summed E-state index contributed by atoms with van der Waals surface area (Å²) in [5, 5.41) is 3.38. The second kappa shape index (κ2) is 7.77. The van der Waals surface area contributed by atoms with E-state index >= 15 is 0 Å². The first-order chi connectivity index (χ1) is 13.7. The largest absolute Gasteiger partial charge is 0.379 e. The number of nitrogens with zero attached hydrogens (tertiary/aromatic N) is 2. The SMILES string of the molecule is C=C(CN1CCOCC1)Nc1ccc(C(=O)N2CC3(C)CC2CC(C)(C)C3)cc1. The summed E-state index contributed by atoms with van der Waals surface area (Å²) in [5.74, 6) is 0.176. The maximum atomic E-state index is 13.2. The van der Waals surface area contributed by atoms with Crippen LogP contribution >= 0.6 is 0 Å². The molecule has 0 aromatic heterocycles. The maximum absolute atomic E-state index is 13.2. The van der Waals surface area contributed by atoms with Crippen molar-refractivity contribution < 1.29 is 9.53 Å². The van der Waals surface area contributed by atoms with E-state index in [0.717, 1.165) is 69.2 Å². The van der Waals surface area contributed by atoms with E-state index in [2.05, 4.69) is 42.5 Å². The molecule has 1 saturated carbocycles. The zero-order valence-corrected chi connectivity index (χ0v) is 18.2. The fourth-order valence-electron chi connectivity index (χ4n) is 5.83. The molecular formula is C24H35N3O2. The summed E-state index contributed by atoms with van der Waals surface area (Å²) in [6.07, 6.45) is 3.45. The third-order valence-electron chi connectivity index (χ3n) is 6.65. The first kappa shape index (κ1) is 20.4. The smallest absolute Gasteiger partial charge is 0.254 e. The summed E-state index contributed by atoms with van der Waals surface area (Å²) in [6, 6.07) is 8.25. The van der Waals surface area contributed by atoms with Crippen LogP contribution in [0.3, 0.4) is 0 Å². The van der Waals surface area contributed by atoms with Gasteiger partial charge in [-0.1, -0.05) is 27.4 Å². The van der Waals surface area contributed by atoms with E-state index < -0.39 is 0 Å². The third kappa shape index (κ3) is 4.67. The van der Waals surface area contributed by atoms with Crippen molar-refractivity contribution in [3.63, 3.8) is 0 Å². The van der Waals surface area contributed by atoms with Gasteiger partial charge in [0.1, 0.15) is 0 Å². The average Bonchev–Trinajstić information content (AvgIpc) is 2.91. The molecule has 4 rings (SSSR count). The summed E-state index contributed by atoms with van der Waals surface area (Å²) < 4.78 is 5.39. The van der Waals surface area contributed by atoms with Gasteiger partial charge in [0.25, 0.3) is 5.91 Å². The van der Waals surface area contributed by atoms with Gasteiger partial charge >= 0.3 is 0 Å². The van der Waals surface area contributed by atoms with Gasteiger partial charge in [0.05, 0.1) is 13.2 Å². The molecule has 2 unspecified atom stereocenters. The summed E-state index contributed by atoms with van der Waals surface area (Å²) in [6.45, 7) is 16.4. The minimum absolute atomic E-state index is 0.176. The Kier molecular flexibility index (Phi) is 5.47. The number of anilines is 1. The Morgan fingerprint density at radius 3 is 2.55 bits per heavy atom. The highest BCUT2D eigenvalue weighted by atomic mass is 16.5. The van der Waals surface area contributed by atoms with Crippen LogP contribution in [0.25, 0.3) is 0 Å². The monoisotopic (exact) mass is 397 g/mol. The van der Waals surface area contributed by atoms with Crippen LogP contribution in [0.15, 0.2) is 36.5 Å². The molecule has 1 aromatic rings. The standard InChI is InChI=1S/C24H35N3O2/c1-18(15-26-9-11-29-12-10-26)25-20-7-5-19(6-8-20)22(28)27-17-24(4)14-21(27)13-23(2,3)16-24/h5-8,21,25H,1,9-17H2,2-4H3. The van der Waals surface area contributed by atoms with Crippen LogP contribution in [0.5, 0.6) is 0 Å². The lowest BCUT2D eigenvalue weighted by molar-refractivity contribution is 0.0424. The Morgan fingerprint density at radius 2 is 1.86 bits per heavy atom. The number of morpholine rings is 1. The van der Waals surface area contributed by atoms with Crippen LogP contribution in [-0.2, 0) is 4.74 Å². The molecule has 2 heterocycles. The minimum atomic E-state index is 0.176. The van der Waals surface area contributed by atoms with E-state index in [1.54, 1.807) is 0 Å². The van der Waals surface area contributed by atoms with Gasteiger partial charge < -0.3 is 15.0 Å². The molecular weight excluding hydrogens is 362 g/mol. The quantitative estimate of drug-likeness (QED) is 0.816. The van der Waals surface area contributed by atoms with E-state index in [1.807, 2.05) is 24.3 Å². The number of hydrogen-bond donors (Lipinski definition) is 1. The molecule has 1 aliphatic carbocycles. The molecule has 158 valence electrons. The summed E-state index contributed by atoms with van der Waals surface area (Å²) in [5.41, 5.74) is 3.31. The number of ether oxygens (including phenoxy) is 1. The summed E-state index contributed by atoms with van der Waals surface area (Å²) in [7, 11) is 0. The van der Waals surface area contributed by atoms with E-state index in [9.17, 15) is 4.79 Å². The van der Waals surface area contributed by atoms with Crippen LogP contribution in [0.4, 0.5) is 5.69 Å². The molecule has 5 heteroatoms. The molecule has 2 saturated heterocycles. The number of hydrogen-bond acceptors (Lipinski definition) is 4. The van der Waals surface area contributed by atoms with Crippen molar-refractivity contribution in [3.8, 4) is 0 Å². The Morgan fingerprint density at radius 1 is 1.17 bits per heavy atom. The van der Waals surface area contributed by atoms with Crippen molar-refractivity contribution in [1.29, 1.82) is 0 Å². The first-order valence-electron chi connectivity index (χ1n) is 10.9. The van der Waals surface area contributed by atoms with Gasteiger partial charge in [0, 0.05) is 49.2 Å². The molecule has 2 atom stereocenters. The van der Waals surface area contributed by atoms with Crippen LogP contribution in [0.1, 0.15) is 50.4 Å². The van der Waals surface area contributed by atoms with Gasteiger partial charge in [0.15, 0.2) is 0 Å². The number of amides is 1. The van der Waals surface area contributed by atoms with Gasteiger partial charge in [-0.25, -0.2) is 0 Å². The highest BCUT2D eigenvalue weighted by molar-refractivity contribution is 5.95. The van der Waals surface area contributed by atoms with E-state index in [1.165, 1.54) is 6.42 Å². The number of carbonyl (C=O) groups excluding carboxylic acids is 1. The van der Waals surface area contributed by atoms with Crippen molar-refractivity contribution in [2.45, 2.75) is 46.1 Å². The predicted octanol–water partition coefficient (Wildman–Crippen LogP) is 3.99. The lowest BCUT2D eigenvalue weighted by Gasteiger charge is -2.39. The van der Waals surface area contributed by atoms with Crippen molar-refractivity contribution >= 4 is 11.6 Å². The number of fused-ring (bicyclic) bond motifs is 2. The van der Waals surface area contributed by atoms with Crippen molar-refractivity contribution in [2.24, 2.45) is 10.8 Å². The number of carbonyl (C=O) groups is 1. The van der Waals surface area contributed by atoms with Crippen molar-refractivity contribution in [1.82, 2.24) is 9.80 Å². The Bertz CT molecular complexity index is 767. The second-order valence-corrected chi connectivity index (χ2v) is 10.3. The van der Waals surface area contributed by atoms with Crippen LogP contribution in [0.2, 0.25) is 0 Å². The van der Waals surface area contributed by atoms with Gasteiger partial charge in [0.2, 0.25) is 0 Å². The predicted molar refractivity (Wildman–Crippen MR) is 117 cm³/mol. The lowest BCUT2D eigenvalue weighted by atomic mass is 9.65. The van der Waals surface area contributed by atoms with Crippen LogP contribution < -0.4 is 5.32 Å². The fourth-order valence-corrected chi connectivity index (χ4v) is 5.83. The molecule has 0 radical (unpaired) electrons. The third-order valence-corrected chi connectivity index (χ3v) is 6.65. The summed E-state index contributed by atoms with van der Waals surface area (Å²) >= 11 is 0. The molecule has 1 aromatic carbocycles. The highest BCUT2D eigenvalue weighted by Gasteiger charge is 2.50. The molecule has 1 amide bonds. The number of likely N-dealkylation sites (tertiary alicyclic amines) is 1. The normalized spacial score (nSPS) is 28.9. The lowest BCUT2D eigenvalue weighted by Crippen LogP contribution is -2.38. The highest BCUT2D eigenvalue weighted by Crippen LogP contribution is 2.52. The summed E-state index contributed by atoms with van der Waals surface area (Å²) in [4.78, 5) is 17.7. The van der Waals surface area contributed by atoms with Crippen molar-refractivity contribution in [2.75, 3.05) is 44.7 Å². The molecule has 1 N–H and O–H groups in total. The molecule has 3 aliphatic rings. The van der Waals surface area contributed by atoms with Crippen LogP contribution in [-0.4, -0.2) is 61.1 Å². The fraction of sp³-hybridized carbons (Fsp3) is 0.625. The molecule has 0 spiro atoms. The molecule has 2 aliphatic heterocycles. The minimum Gasteiger partial charge on any atom is -0.379 e. The zero-order valence-electron chi connectivity index (χ0n) is 18.2. The molecule has 2 bridgehead atoms. The van der Waals surface area contributed by atoms with Crippen molar-refractivity contribution in [3.05, 3.63) is 42.1 Å². The number of nitrogens with one attached hydrogen (secondary N) is 1. The number of benzene rings is 1. The van der Waals surface area contributed by atoms with Crippen LogP contribution in [0, 0.1) is 10.8 Å². The van der Waals surface area contributed by atoms with E-state index in [-0.39, 0.29) is 11.3 Å². The topological polar surface area (TPSA) is 44.8 Å². The molecule has 29 heavy (non-hydrogen) atoms. The first-order valence-corrected chi connectivity index (χ1v) is 10.9. The van der Waals surface area contributed by atoms with E-state index in [0.29, 0.717) is 11.5 Å². The Hall–Kier alpha value is -1.85. The Labute approximate surface area is 175 Å². The average molecular weight is 398 g/mol. The van der Waals surface area contributed by atoms with Gasteiger partial charge in [-0.15, -0.1) is 0 Å². The van der Waals surface area contributed by atoms with Gasteiger partial charge in [-0.05, 0) is 54.4 Å². The van der Waals surface area contributed by atoms with Gasteiger partial charge in [-0.2, -0.15) is 0 Å². The molecule has 3 fully saturated rings. The molecule has 5 nitrogen and oxygen atoms in total. The van der Waals surface area contributed by atoms with E-state index in [4.69, 9.17) is 4.74 Å². The maximum Gasteiger partial charge on any atom is 0.254 e.